The summed E-state index contributed by atoms with van der Waals surface area (Å²) in [5.41, 5.74) is 0.599. The fourth-order valence-electron chi connectivity index (χ4n) is 1.95. The maximum Gasteiger partial charge on any atom is 0.278 e. The van der Waals surface area contributed by atoms with Gasteiger partial charge in [-0.05, 0) is 13.5 Å². The van der Waals surface area contributed by atoms with Crippen LogP contribution in [0.15, 0.2) is 10.3 Å². The molecule has 1 rings (SSSR count). The summed E-state index contributed by atoms with van der Waals surface area (Å²) in [6, 6.07) is 0. The Balaban J connectivity index is 2.74. The van der Waals surface area contributed by atoms with Crippen LogP contribution in [0.2, 0.25) is 0 Å². The van der Waals surface area contributed by atoms with Crippen molar-refractivity contribution in [2.45, 2.75) is 13.8 Å². The minimum Gasteiger partial charge on any atom is -0.399 e. The Labute approximate surface area is 113 Å². The van der Waals surface area contributed by atoms with Gasteiger partial charge in [-0.2, -0.15) is 0 Å². The molecule has 0 atom stereocenters. The van der Waals surface area contributed by atoms with Crippen molar-refractivity contribution >= 4 is 17.3 Å². The van der Waals surface area contributed by atoms with Crippen LogP contribution in [0.5, 0.6) is 0 Å². The van der Waals surface area contributed by atoms with Gasteiger partial charge in [-0.15, -0.1) is 0 Å². The minimum atomic E-state index is -0.170. The summed E-state index contributed by atoms with van der Waals surface area (Å²) in [6.45, 7) is 7.93. The first-order valence-corrected chi connectivity index (χ1v) is 6.34. The molecule has 7 heteroatoms. The molecule has 0 bridgehead atoms. The first kappa shape index (κ1) is 15.4. The van der Waals surface area contributed by atoms with E-state index in [1.165, 1.54) is 14.2 Å². The number of hydrogen-bond donors (Lipinski definition) is 0. The Morgan fingerprint density at radius 3 is 2.16 bits per heavy atom. The van der Waals surface area contributed by atoms with E-state index >= 15 is 0 Å². The van der Waals surface area contributed by atoms with Crippen LogP contribution in [0.3, 0.4) is 0 Å². The Bertz CT molecular complexity index is 360. The van der Waals surface area contributed by atoms with Gasteiger partial charge in [0.2, 0.25) is 0 Å². The third-order valence-corrected chi connectivity index (χ3v) is 3.06. The summed E-state index contributed by atoms with van der Waals surface area (Å²) in [4.78, 5) is 25.8. The smallest absolute Gasteiger partial charge is 0.278 e. The lowest BCUT2D eigenvalue weighted by atomic mass is 10.2. The topological polar surface area (TPSA) is 66.7 Å². The van der Waals surface area contributed by atoms with Crippen LogP contribution in [-0.4, -0.2) is 74.1 Å². The second kappa shape index (κ2) is 7.73. The first-order valence-electron chi connectivity index (χ1n) is 6.34. The molecule has 7 nitrogen and oxygen atoms in total. The number of piperazine rings is 1. The van der Waals surface area contributed by atoms with Crippen LogP contribution >= 0.6 is 0 Å². The van der Waals surface area contributed by atoms with E-state index in [2.05, 4.69) is 27.0 Å². The molecule has 0 N–H and O–H groups in total. The van der Waals surface area contributed by atoms with E-state index in [0.717, 1.165) is 19.6 Å². The van der Waals surface area contributed by atoms with E-state index in [9.17, 15) is 4.79 Å². The summed E-state index contributed by atoms with van der Waals surface area (Å²) in [6.07, 6.45) is 0. The molecule has 0 radical (unpaired) electrons. The number of carbonyl (C=O) groups is 1. The molecule has 1 heterocycles. The van der Waals surface area contributed by atoms with Crippen molar-refractivity contribution in [1.29, 1.82) is 0 Å². The predicted octanol–water partition coefficient (Wildman–Crippen LogP) is 0.175. The number of rotatable bonds is 5. The third-order valence-electron chi connectivity index (χ3n) is 3.06. The number of amides is 1. The van der Waals surface area contributed by atoms with Crippen molar-refractivity contribution in [3.05, 3.63) is 0 Å². The average Bonchev–Trinajstić information content (AvgIpc) is 2.44. The van der Waals surface area contributed by atoms with Crippen molar-refractivity contribution in [2.75, 3.05) is 46.9 Å². The molecular formula is C12H22N4O3. The number of oxime groups is 2. The largest absolute Gasteiger partial charge is 0.399 e. The average molecular weight is 270 g/mol. The minimum absolute atomic E-state index is 0.170. The van der Waals surface area contributed by atoms with Gasteiger partial charge in [0.25, 0.3) is 5.91 Å². The van der Waals surface area contributed by atoms with Gasteiger partial charge in [-0.1, -0.05) is 17.2 Å². The van der Waals surface area contributed by atoms with Crippen molar-refractivity contribution in [3.63, 3.8) is 0 Å². The lowest BCUT2D eigenvalue weighted by Crippen LogP contribution is -2.51. The van der Waals surface area contributed by atoms with Crippen molar-refractivity contribution in [1.82, 2.24) is 9.80 Å². The van der Waals surface area contributed by atoms with Crippen LogP contribution in [-0.2, 0) is 14.5 Å². The molecule has 19 heavy (non-hydrogen) atoms. The van der Waals surface area contributed by atoms with Crippen LogP contribution < -0.4 is 0 Å². The second-order valence-electron chi connectivity index (χ2n) is 4.21. The summed E-state index contributed by atoms with van der Waals surface area (Å²) >= 11 is 0. The fraction of sp³-hybridized carbons (Fsp3) is 0.750. The number of likely N-dealkylation sites (N-methyl/N-ethyl adjacent to an activating group) is 1. The summed E-state index contributed by atoms with van der Waals surface area (Å²) in [7, 11) is 2.83. The third kappa shape index (κ3) is 4.20. The van der Waals surface area contributed by atoms with E-state index in [1.807, 2.05) is 0 Å². The van der Waals surface area contributed by atoms with E-state index in [4.69, 9.17) is 4.84 Å². The van der Waals surface area contributed by atoms with Gasteiger partial charge in [0.05, 0.1) is 0 Å². The molecule has 0 aromatic carbocycles. The molecule has 1 saturated heterocycles. The summed E-state index contributed by atoms with van der Waals surface area (Å²) in [5.74, 6) is -0.170. The van der Waals surface area contributed by atoms with E-state index < -0.39 is 0 Å². The van der Waals surface area contributed by atoms with Crippen molar-refractivity contribution in [2.24, 2.45) is 10.3 Å². The van der Waals surface area contributed by atoms with E-state index in [0.29, 0.717) is 18.8 Å². The van der Waals surface area contributed by atoms with Gasteiger partial charge >= 0.3 is 0 Å². The lowest BCUT2D eigenvalue weighted by Gasteiger charge is -2.34. The lowest BCUT2D eigenvalue weighted by molar-refractivity contribution is -0.125. The van der Waals surface area contributed by atoms with E-state index in [1.54, 1.807) is 11.8 Å². The molecular weight excluding hydrogens is 248 g/mol. The molecule has 0 aromatic rings. The quantitative estimate of drug-likeness (QED) is 0.528. The Morgan fingerprint density at radius 2 is 1.68 bits per heavy atom. The molecule has 0 spiro atoms. The Kier molecular flexibility index (Phi) is 6.27. The van der Waals surface area contributed by atoms with Crippen LogP contribution in [0, 0.1) is 0 Å². The highest BCUT2D eigenvalue weighted by Gasteiger charge is 2.26. The number of hydrogen-bond acceptors (Lipinski definition) is 6. The molecule has 1 fully saturated rings. The molecule has 1 amide bonds. The maximum atomic E-state index is 12.4. The monoisotopic (exact) mass is 270 g/mol. The summed E-state index contributed by atoms with van der Waals surface area (Å²) in [5, 5.41) is 7.50. The first-order chi connectivity index (χ1) is 9.13. The second-order valence-corrected chi connectivity index (χ2v) is 4.21. The zero-order valence-electron chi connectivity index (χ0n) is 12.0. The van der Waals surface area contributed by atoms with E-state index in [-0.39, 0.29) is 11.6 Å². The van der Waals surface area contributed by atoms with Gasteiger partial charge in [0.15, 0.2) is 5.71 Å². The van der Waals surface area contributed by atoms with Crippen LogP contribution in [0.25, 0.3) is 0 Å². The fourth-order valence-corrected chi connectivity index (χ4v) is 1.95. The molecule has 0 aliphatic carbocycles. The standard InChI is InChI=1S/C12H22N4O3/c1-5-15-6-8-16(9-7-15)12(17)11(14-19-4)10(2)13-18-3/h5-9H2,1-4H3. The van der Waals surface area contributed by atoms with Gasteiger partial charge in [-0.25, -0.2) is 0 Å². The number of carbonyl (C=O) groups excluding carboxylic acids is 1. The number of nitrogens with zero attached hydrogens (tertiary/aromatic N) is 4. The highest BCUT2D eigenvalue weighted by atomic mass is 16.6. The molecule has 0 unspecified atom stereocenters. The van der Waals surface area contributed by atoms with Crippen LogP contribution in [0.1, 0.15) is 13.8 Å². The highest BCUT2D eigenvalue weighted by Crippen LogP contribution is 2.04. The van der Waals surface area contributed by atoms with Gasteiger partial charge in [0, 0.05) is 26.2 Å². The summed E-state index contributed by atoms with van der Waals surface area (Å²) < 4.78 is 0. The van der Waals surface area contributed by atoms with Crippen molar-refractivity contribution < 1.29 is 14.5 Å². The van der Waals surface area contributed by atoms with Gasteiger partial charge < -0.3 is 19.5 Å². The SMILES string of the molecule is CCN1CCN(C(=O)C(=NOC)C(C)=NOC)CC1. The van der Waals surface area contributed by atoms with Crippen molar-refractivity contribution in [3.8, 4) is 0 Å². The Hall–Kier alpha value is -1.63. The Morgan fingerprint density at radius 1 is 1.11 bits per heavy atom. The van der Waals surface area contributed by atoms with Crippen LogP contribution in [0.4, 0.5) is 0 Å². The predicted molar refractivity (Wildman–Crippen MR) is 73.3 cm³/mol. The van der Waals surface area contributed by atoms with Gasteiger partial charge in [0.1, 0.15) is 19.9 Å². The molecule has 0 saturated carbocycles. The molecule has 108 valence electrons. The normalized spacial score (nSPS) is 18.4. The zero-order valence-corrected chi connectivity index (χ0v) is 12.0. The molecule has 1 aliphatic heterocycles. The van der Waals surface area contributed by atoms with Gasteiger partial charge in [-0.3, -0.25) is 4.79 Å². The molecule has 0 aromatic heterocycles. The molecule has 1 aliphatic rings. The maximum absolute atomic E-state index is 12.4. The zero-order chi connectivity index (χ0) is 14.3. The highest BCUT2D eigenvalue weighted by molar-refractivity contribution is 6.66.